The Morgan fingerprint density at radius 3 is 1.37 bits per heavy atom. The molecule has 38 heavy (non-hydrogen) atoms. The van der Waals surface area contributed by atoms with Crippen LogP contribution < -0.4 is 9.47 Å². The van der Waals surface area contributed by atoms with Gasteiger partial charge in [-0.2, -0.15) is 0 Å². The molecule has 14 heteroatoms. The fraction of sp³-hybridized carbons (Fsp3) is 0.333. The average Bonchev–Trinajstić information content (AvgIpc) is 2.91. The molecule has 0 aliphatic heterocycles. The Morgan fingerprint density at radius 1 is 0.579 bits per heavy atom. The standard InChI is InChI=1S/C24H26O14/c1-3-29-19-13-7-5-11-17(19)21(25)33-37-35-23(27)31-15-9-10-16-32-24(28)36-38-34-22(26)18-12-6-8-14-20(18)30-4-2/h5-8,11-14H,3-4,9-10,15-16H2,1-2H3. The van der Waals surface area contributed by atoms with Crippen LogP contribution >= 0.6 is 0 Å². The number of hydrogen-bond donors (Lipinski definition) is 0. The lowest BCUT2D eigenvalue weighted by Crippen LogP contribution is -2.14. The van der Waals surface area contributed by atoms with Crippen molar-refractivity contribution in [2.45, 2.75) is 26.7 Å². The molecule has 0 bridgehead atoms. The molecule has 0 aliphatic rings. The Morgan fingerprint density at radius 2 is 0.974 bits per heavy atom. The van der Waals surface area contributed by atoms with Crippen LogP contribution in [0.3, 0.4) is 0 Å². The van der Waals surface area contributed by atoms with Crippen LogP contribution in [0.15, 0.2) is 48.5 Å². The van der Waals surface area contributed by atoms with Crippen LogP contribution in [0.25, 0.3) is 0 Å². The van der Waals surface area contributed by atoms with Crippen LogP contribution in [0.5, 0.6) is 11.5 Å². The molecule has 0 unspecified atom stereocenters. The quantitative estimate of drug-likeness (QED) is 0.137. The third-order valence-electron chi connectivity index (χ3n) is 4.22. The van der Waals surface area contributed by atoms with Crippen LogP contribution in [-0.4, -0.2) is 50.7 Å². The first-order chi connectivity index (χ1) is 18.5. The highest BCUT2D eigenvalue weighted by molar-refractivity contribution is 5.92. The highest BCUT2D eigenvalue weighted by atomic mass is 17.5. The number of unbranched alkanes of at least 4 members (excludes halogenated alkanes) is 1. The normalized spacial score (nSPS) is 10.1. The maximum absolute atomic E-state index is 12.0. The van der Waals surface area contributed by atoms with E-state index in [1.807, 2.05) is 0 Å². The molecule has 0 fully saturated rings. The third-order valence-corrected chi connectivity index (χ3v) is 4.22. The van der Waals surface area contributed by atoms with Gasteiger partial charge in [0.25, 0.3) is 0 Å². The van der Waals surface area contributed by atoms with Crippen molar-refractivity contribution < 1.29 is 67.8 Å². The van der Waals surface area contributed by atoms with Gasteiger partial charge in [-0.1, -0.05) is 24.3 Å². The zero-order chi connectivity index (χ0) is 27.6. The summed E-state index contributed by atoms with van der Waals surface area (Å²) in [5.41, 5.74) is 0.139. The van der Waals surface area contributed by atoms with Crippen LogP contribution in [0.1, 0.15) is 47.4 Å². The van der Waals surface area contributed by atoms with Crippen molar-refractivity contribution in [1.82, 2.24) is 0 Å². The van der Waals surface area contributed by atoms with E-state index in [4.69, 9.17) is 18.9 Å². The molecular weight excluding hydrogens is 512 g/mol. The fourth-order valence-electron chi connectivity index (χ4n) is 2.64. The van der Waals surface area contributed by atoms with Crippen molar-refractivity contribution in [2.24, 2.45) is 0 Å². The Bertz CT molecular complexity index is 970. The Balaban J connectivity index is 1.51. The monoisotopic (exact) mass is 538 g/mol. The number of rotatable bonds is 15. The van der Waals surface area contributed by atoms with Crippen LogP contribution in [-0.2, 0) is 39.1 Å². The van der Waals surface area contributed by atoms with Crippen molar-refractivity contribution in [3.8, 4) is 11.5 Å². The van der Waals surface area contributed by atoms with Crippen molar-refractivity contribution in [2.75, 3.05) is 26.4 Å². The Kier molecular flexibility index (Phi) is 13.3. The van der Waals surface area contributed by atoms with Gasteiger partial charge in [0.1, 0.15) is 22.6 Å². The van der Waals surface area contributed by atoms with E-state index in [0.29, 0.717) is 13.2 Å². The number of carbonyl (C=O) groups is 4. The van der Waals surface area contributed by atoms with Crippen molar-refractivity contribution in [3.05, 3.63) is 59.7 Å². The number of benzene rings is 2. The van der Waals surface area contributed by atoms with Gasteiger partial charge in [-0.05, 0) is 51.0 Å². The first-order valence-corrected chi connectivity index (χ1v) is 11.3. The number of carbonyl (C=O) groups excluding carboxylic acids is 4. The predicted molar refractivity (Wildman–Crippen MR) is 122 cm³/mol. The summed E-state index contributed by atoms with van der Waals surface area (Å²) >= 11 is 0. The van der Waals surface area contributed by atoms with E-state index in [1.54, 1.807) is 50.2 Å². The van der Waals surface area contributed by atoms with Crippen LogP contribution in [0.4, 0.5) is 9.59 Å². The highest BCUT2D eigenvalue weighted by Gasteiger charge is 2.18. The molecule has 206 valence electrons. The van der Waals surface area contributed by atoms with Crippen LogP contribution in [0, 0.1) is 0 Å². The Labute approximate surface area is 216 Å². The van der Waals surface area contributed by atoms with Gasteiger partial charge in [-0.15, -0.1) is 0 Å². The summed E-state index contributed by atoms with van der Waals surface area (Å²) < 4.78 is 20.0. The molecule has 0 aliphatic carbocycles. The summed E-state index contributed by atoms with van der Waals surface area (Å²) in [6.07, 6.45) is -2.02. The van der Waals surface area contributed by atoms with E-state index >= 15 is 0 Å². The molecule has 14 nitrogen and oxygen atoms in total. The van der Waals surface area contributed by atoms with E-state index in [0.717, 1.165) is 0 Å². The second-order valence-corrected chi connectivity index (χ2v) is 6.81. The molecule has 2 aromatic rings. The molecule has 0 spiro atoms. The molecule has 0 heterocycles. The minimum Gasteiger partial charge on any atom is -0.493 e. The molecule has 2 rings (SSSR count). The molecule has 0 N–H and O–H groups in total. The van der Waals surface area contributed by atoms with Crippen molar-refractivity contribution in [3.63, 3.8) is 0 Å². The first-order valence-electron chi connectivity index (χ1n) is 11.3. The summed E-state index contributed by atoms with van der Waals surface area (Å²) in [6.45, 7) is 3.89. The summed E-state index contributed by atoms with van der Waals surface area (Å²) in [6, 6.07) is 12.5. The molecule has 0 amide bonds. The Hall–Kier alpha value is -4.56. The minimum absolute atomic E-state index is 0.0697. The third kappa shape index (κ3) is 10.6. The molecule has 0 radical (unpaired) electrons. The fourth-order valence-corrected chi connectivity index (χ4v) is 2.64. The lowest BCUT2D eigenvalue weighted by Gasteiger charge is -2.08. The SMILES string of the molecule is CCOc1ccccc1C(=O)OOOC(=O)OCCCCOC(=O)OOOC(=O)c1ccccc1OCC. The summed E-state index contributed by atoms with van der Waals surface area (Å²) in [5, 5.41) is 8.27. The number of hydrogen-bond acceptors (Lipinski definition) is 14. The topological polar surface area (TPSA) is 161 Å². The lowest BCUT2D eigenvalue weighted by molar-refractivity contribution is -0.452. The van der Waals surface area contributed by atoms with Gasteiger partial charge in [0, 0.05) is 0 Å². The second-order valence-electron chi connectivity index (χ2n) is 6.81. The number of para-hydroxylation sites is 2. The second kappa shape index (κ2) is 17.0. The van der Waals surface area contributed by atoms with Gasteiger partial charge in [-0.3, -0.25) is 9.78 Å². The van der Waals surface area contributed by atoms with E-state index in [1.165, 1.54) is 12.1 Å². The summed E-state index contributed by atoms with van der Waals surface area (Å²) in [4.78, 5) is 63.9. The zero-order valence-electron chi connectivity index (χ0n) is 20.6. The van der Waals surface area contributed by atoms with E-state index in [-0.39, 0.29) is 48.7 Å². The first kappa shape index (κ1) is 29.7. The summed E-state index contributed by atoms with van der Waals surface area (Å²) in [7, 11) is 0. The van der Waals surface area contributed by atoms with Gasteiger partial charge in [0.05, 0.1) is 36.5 Å². The lowest BCUT2D eigenvalue weighted by atomic mass is 10.2. The molecule has 0 saturated carbocycles. The van der Waals surface area contributed by atoms with Crippen molar-refractivity contribution >= 4 is 24.2 Å². The maximum atomic E-state index is 12.0. The van der Waals surface area contributed by atoms with Crippen LogP contribution in [0.2, 0.25) is 0 Å². The summed E-state index contributed by atoms with van der Waals surface area (Å²) in [5.74, 6) is -1.35. The number of ether oxygens (including phenoxy) is 4. The zero-order valence-corrected chi connectivity index (χ0v) is 20.6. The molecule has 2 aromatic carbocycles. The van der Waals surface area contributed by atoms with Gasteiger partial charge in [0.2, 0.25) is 0 Å². The van der Waals surface area contributed by atoms with E-state index in [9.17, 15) is 19.2 Å². The van der Waals surface area contributed by atoms with Gasteiger partial charge >= 0.3 is 24.2 Å². The molecule has 0 atom stereocenters. The van der Waals surface area contributed by atoms with Gasteiger partial charge in [0.15, 0.2) is 0 Å². The van der Waals surface area contributed by atoms with Gasteiger partial charge < -0.3 is 18.9 Å². The largest absolute Gasteiger partial charge is 0.543 e. The van der Waals surface area contributed by atoms with E-state index < -0.39 is 24.2 Å². The maximum Gasteiger partial charge on any atom is 0.543 e. The van der Waals surface area contributed by atoms with Crippen molar-refractivity contribution in [1.29, 1.82) is 0 Å². The predicted octanol–water partition coefficient (Wildman–Crippen LogP) is 4.28. The highest BCUT2D eigenvalue weighted by Crippen LogP contribution is 2.20. The van der Waals surface area contributed by atoms with Gasteiger partial charge in [-0.25, -0.2) is 29.0 Å². The minimum atomic E-state index is -1.27. The smallest absolute Gasteiger partial charge is 0.493 e. The molecular formula is C24H26O14. The van der Waals surface area contributed by atoms with E-state index in [2.05, 4.69) is 29.6 Å². The average molecular weight is 538 g/mol. The molecule has 0 aromatic heterocycles. The molecule has 0 saturated heterocycles.